The first kappa shape index (κ1) is 19.4. The van der Waals surface area contributed by atoms with Gasteiger partial charge in [0.2, 0.25) is 0 Å². The molecule has 0 unspecified atom stereocenters. The van der Waals surface area contributed by atoms with E-state index in [0.717, 1.165) is 75.1 Å². The molecule has 1 amide bonds. The molecule has 152 valence electrons. The molecule has 2 fully saturated rings. The first-order valence-corrected chi connectivity index (χ1v) is 10.5. The van der Waals surface area contributed by atoms with E-state index in [0.29, 0.717) is 12.0 Å². The molecule has 4 rings (SSSR count). The average Bonchev–Trinajstić information content (AvgIpc) is 3.20. The molecule has 2 aromatic rings. The van der Waals surface area contributed by atoms with E-state index in [4.69, 9.17) is 4.42 Å². The monoisotopic (exact) mass is 385 g/mol. The van der Waals surface area contributed by atoms with Crippen molar-refractivity contribution in [3.63, 3.8) is 0 Å². The van der Waals surface area contributed by atoms with Crippen LogP contribution in [0.25, 0.3) is 11.0 Å². The van der Waals surface area contributed by atoms with E-state index in [9.17, 15) is 9.90 Å². The van der Waals surface area contributed by atoms with Crippen LogP contribution in [0.4, 0.5) is 0 Å². The van der Waals surface area contributed by atoms with Crippen LogP contribution < -0.4 is 0 Å². The predicted molar refractivity (Wildman–Crippen MR) is 109 cm³/mol. The van der Waals surface area contributed by atoms with Crippen molar-refractivity contribution < 1.29 is 14.3 Å². The van der Waals surface area contributed by atoms with E-state index in [1.807, 2.05) is 29.2 Å². The molecule has 0 bridgehead atoms. The molecule has 1 aromatic carbocycles. The van der Waals surface area contributed by atoms with Crippen molar-refractivity contribution in [1.29, 1.82) is 0 Å². The summed E-state index contributed by atoms with van der Waals surface area (Å²) in [5.74, 6) is 0.528. The highest BCUT2D eigenvalue weighted by Gasteiger charge is 2.35. The first-order chi connectivity index (χ1) is 13.7. The molecule has 6 heteroatoms. The van der Waals surface area contributed by atoms with Gasteiger partial charge in [-0.25, -0.2) is 0 Å². The molecule has 2 saturated heterocycles. The van der Waals surface area contributed by atoms with E-state index >= 15 is 0 Å². The molecular formula is C22H31N3O3. The molecule has 0 spiro atoms. The van der Waals surface area contributed by atoms with Gasteiger partial charge in [-0.15, -0.1) is 0 Å². The molecule has 6 nitrogen and oxygen atoms in total. The second-order valence-corrected chi connectivity index (χ2v) is 8.25. The maximum atomic E-state index is 13.1. The van der Waals surface area contributed by atoms with Crippen LogP contribution in [-0.4, -0.2) is 84.7 Å². The van der Waals surface area contributed by atoms with Crippen LogP contribution in [0.2, 0.25) is 0 Å². The molecule has 2 aliphatic rings. The molecule has 1 N–H and O–H groups in total. The lowest BCUT2D eigenvalue weighted by molar-refractivity contribution is 0.0218. The van der Waals surface area contributed by atoms with Crippen molar-refractivity contribution in [3.05, 3.63) is 36.1 Å². The molecule has 1 aromatic heterocycles. The van der Waals surface area contributed by atoms with Crippen LogP contribution in [0.5, 0.6) is 0 Å². The Hall–Kier alpha value is -1.89. The fourth-order valence-corrected chi connectivity index (χ4v) is 4.76. The van der Waals surface area contributed by atoms with E-state index in [1.54, 1.807) is 6.26 Å². The zero-order valence-corrected chi connectivity index (χ0v) is 16.7. The average molecular weight is 386 g/mol. The quantitative estimate of drug-likeness (QED) is 0.856. The van der Waals surface area contributed by atoms with Gasteiger partial charge in [0, 0.05) is 62.9 Å². The van der Waals surface area contributed by atoms with Crippen LogP contribution in [-0.2, 0) is 0 Å². The Balaban J connectivity index is 1.46. The summed E-state index contributed by atoms with van der Waals surface area (Å²) in [6.45, 7) is 6.21. The largest absolute Gasteiger partial charge is 0.464 e. The minimum Gasteiger partial charge on any atom is -0.464 e. The number of rotatable bonds is 5. The Morgan fingerprint density at radius 1 is 1.18 bits per heavy atom. The zero-order chi connectivity index (χ0) is 19.5. The van der Waals surface area contributed by atoms with Crippen molar-refractivity contribution in [2.45, 2.75) is 25.3 Å². The summed E-state index contributed by atoms with van der Waals surface area (Å²) in [6.07, 6.45) is 4.45. The molecule has 0 radical (unpaired) electrons. The van der Waals surface area contributed by atoms with Crippen LogP contribution in [0.15, 0.2) is 34.9 Å². The van der Waals surface area contributed by atoms with Crippen LogP contribution in [0.3, 0.4) is 0 Å². The number of fused-ring (bicyclic) bond motifs is 1. The number of hydrogen-bond acceptors (Lipinski definition) is 5. The first-order valence-electron chi connectivity index (χ1n) is 10.5. The van der Waals surface area contributed by atoms with Crippen LogP contribution in [0, 0.1) is 5.92 Å². The summed E-state index contributed by atoms with van der Waals surface area (Å²) in [7, 11) is 2.18. The van der Waals surface area contributed by atoms with Gasteiger partial charge in [-0.1, -0.05) is 0 Å². The Morgan fingerprint density at radius 3 is 2.79 bits per heavy atom. The van der Waals surface area contributed by atoms with Gasteiger partial charge in [0.15, 0.2) is 0 Å². The highest BCUT2D eigenvalue weighted by atomic mass is 16.3. The van der Waals surface area contributed by atoms with Crippen LogP contribution >= 0.6 is 0 Å². The third-order valence-electron chi connectivity index (χ3n) is 6.42. The molecule has 0 saturated carbocycles. The summed E-state index contributed by atoms with van der Waals surface area (Å²) < 4.78 is 5.39. The molecule has 2 aliphatic heterocycles. The number of likely N-dealkylation sites (tertiary alicyclic amines) is 1. The third-order valence-corrected chi connectivity index (χ3v) is 6.42. The van der Waals surface area contributed by atoms with E-state index in [-0.39, 0.29) is 12.5 Å². The number of aliphatic hydroxyl groups is 1. The number of amides is 1. The van der Waals surface area contributed by atoms with E-state index in [1.165, 1.54) is 0 Å². The van der Waals surface area contributed by atoms with Gasteiger partial charge in [0.25, 0.3) is 5.91 Å². The van der Waals surface area contributed by atoms with Gasteiger partial charge in [0.05, 0.1) is 6.26 Å². The lowest BCUT2D eigenvalue weighted by Crippen LogP contribution is -2.56. The van der Waals surface area contributed by atoms with E-state index in [2.05, 4.69) is 16.8 Å². The number of nitrogens with zero attached hydrogens (tertiary/aromatic N) is 3. The number of piperazine rings is 1. The number of hydrogen-bond donors (Lipinski definition) is 1. The van der Waals surface area contributed by atoms with Gasteiger partial charge < -0.3 is 19.3 Å². The number of carbonyl (C=O) groups is 1. The lowest BCUT2D eigenvalue weighted by Gasteiger charge is -2.46. The fraction of sp³-hybridized carbons (Fsp3) is 0.591. The van der Waals surface area contributed by atoms with Gasteiger partial charge in [-0.3, -0.25) is 9.69 Å². The normalized spacial score (nSPS) is 24.7. The smallest absolute Gasteiger partial charge is 0.253 e. The zero-order valence-electron chi connectivity index (χ0n) is 16.7. The maximum Gasteiger partial charge on any atom is 0.253 e. The fourth-order valence-electron chi connectivity index (χ4n) is 4.76. The Labute approximate surface area is 166 Å². The summed E-state index contributed by atoms with van der Waals surface area (Å²) >= 11 is 0. The maximum absolute atomic E-state index is 13.1. The second-order valence-electron chi connectivity index (χ2n) is 8.25. The molecule has 2 atom stereocenters. The minimum absolute atomic E-state index is 0.105. The summed E-state index contributed by atoms with van der Waals surface area (Å²) in [5, 5.41) is 10.3. The lowest BCUT2D eigenvalue weighted by atomic mass is 9.86. The van der Waals surface area contributed by atoms with Crippen molar-refractivity contribution >= 4 is 16.9 Å². The predicted octanol–water partition coefficient (Wildman–Crippen LogP) is 2.28. The van der Waals surface area contributed by atoms with Gasteiger partial charge in [-0.05, 0) is 56.5 Å². The number of benzene rings is 1. The SMILES string of the molecule is CN1CCN([C@H]2CCN(C(=O)c3ccc4occc4c3)C[C@H]2CCCO)CC1. The van der Waals surface area contributed by atoms with Gasteiger partial charge in [-0.2, -0.15) is 0 Å². The number of likely N-dealkylation sites (N-methyl/N-ethyl adjacent to an activating group) is 1. The molecule has 3 heterocycles. The van der Waals surface area contributed by atoms with E-state index < -0.39 is 0 Å². The summed E-state index contributed by atoms with van der Waals surface area (Å²) in [5.41, 5.74) is 1.54. The number of carbonyl (C=O) groups excluding carboxylic acids is 1. The van der Waals surface area contributed by atoms with Crippen molar-refractivity contribution in [2.24, 2.45) is 5.92 Å². The molecule has 0 aliphatic carbocycles. The van der Waals surface area contributed by atoms with Gasteiger partial charge >= 0.3 is 0 Å². The molecule has 28 heavy (non-hydrogen) atoms. The Morgan fingerprint density at radius 2 is 2.00 bits per heavy atom. The topological polar surface area (TPSA) is 60.2 Å². The summed E-state index contributed by atoms with van der Waals surface area (Å²) in [6, 6.07) is 8.08. The van der Waals surface area contributed by atoms with Crippen molar-refractivity contribution in [3.8, 4) is 0 Å². The number of furan rings is 1. The summed E-state index contributed by atoms with van der Waals surface area (Å²) in [4.78, 5) is 20.1. The Bertz CT molecular complexity index is 797. The number of aliphatic hydroxyl groups excluding tert-OH is 1. The van der Waals surface area contributed by atoms with Crippen molar-refractivity contribution in [2.75, 3.05) is 52.9 Å². The molecular weight excluding hydrogens is 354 g/mol. The minimum atomic E-state index is 0.105. The highest BCUT2D eigenvalue weighted by Crippen LogP contribution is 2.28. The number of piperidine rings is 1. The standard InChI is InChI=1S/C22H31N3O3/c1-23-9-11-24(12-10-23)20-6-8-25(16-19(20)3-2-13-26)22(27)18-4-5-21-17(15-18)7-14-28-21/h4-5,7,14-15,19-20,26H,2-3,6,8-13,16H2,1H3/t19-,20+/m1/s1. The Kier molecular flexibility index (Phi) is 5.99. The van der Waals surface area contributed by atoms with Crippen molar-refractivity contribution in [1.82, 2.24) is 14.7 Å². The third kappa shape index (κ3) is 4.09. The second kappa shape index (κ2) is 8.64. The van der Waals surface area contributed by atoms with Crippen LogP contribution in [0.1, 0.15) is 29.6 Å². The highest BCUT2D eigenvalue weighted by molar-refractivity contribution is 5.97. The van der Waals surface area contributed by atoms with Gasteiger partial charge in [0.1, 0.15) is 5.58 Å².